The molecule has 0 aromatic heterocycles. The Hall–Kier alpha value is -1.66. The van der Waals surface area contributed by atoms with Crippen molar-refractivity contribution in [2.24, 2.45) is 0 Å². The van der Waals surface area contributed by atoms with Crippen molar-refractivity contribution in [2.45, 2.75) is 13.0 Å². The molecule has 0 unspecified atom stereocenters. The molecule has 0 aliphatic heterocycles. The van der Waals surface area contributed by atoms with Crippen LogP contribution in [0, 0.1) is 10.1 Å². The Labute approximate surface area is 102 Å². The third-order valence-electron chi connectivity index (χ3n) is 2.07. The molecule has 6 nitrogen and oxygen atoms in total. The fourth-order valence-electron chi connectivity index (χ4n) is 1.29. The molecule has 0 fully saturated rings. The maximum atomic E-state index is 10.7. The van der Waals surface area contributed by atoms with Gasteiger partial charge < -0.3 is 10.4 Å². The van der Waals surface area contributed by atoms with Crippen molar-refractivity contribution in [3.05, 3.63) is 38.9 Å². The SMILES string of the molecule is O=C(O)CCNCc1cc(Cl)ccc1[N+](=O)[O-]. The molecule has 0 bridgehead atoms. The molecule has 2 N–H and O–H groups in total. The summed E-state index contributed by atoms with van der Waals surface area (Å²) in [7, 11) is 0. The molecule has 17 heavy (non-hydrogen) atoms. The van der Waals surface area contributed by atoms with E-state index in [1.807, 2.05) is 0 Å². The lowest BCUT2D eigenvalue weighted by atomic mass is 10.2. The molecule has 0 amide bonds. The van der Waals surface area contributed by atoms with Gasteiger partial charge in [0.05, 0.1) is 11.3 Å². The summed E-state index contributed by atoms with van der Waals surface area (Å²) < 4.78 is 0. The van der Waals surface area contributed by atoms with Crippen LogP contribution in [0.15, 0.2) is 18.2 Å². The molecule has 1 aromatic rings. The molecule has 1 rings (SSSR count). The summed E-state index contributed by atoms with van der Waals surface area (Å²) in [5.41, 5.74) is 0.408. The van der Waals surface area contributed by atoms with Gasteiger partial charge in [-0.05, 0) is 12.1 Å². The number of halogens is 1. The van der Waals surface area contributed by atoms with Crippen LogP contribution in [-0.2, 0) is 11.3 Å². The number of rotatable bonds is 6. The number of nitro groups is 1. The van der Waals surface area contributed by atoms with Crippen LogP contribution >= 0.6 is 11.6 Å². The van der Waals surface area contributed by atoms with Gasteiger partial charge in [-0.2, -0.15) is 0 Å². The number of nitro benzene ring substituents is 1. The predicted octanol–water partition coefficient (Wildman–Crippen LogP) is 1.81. The second-order valence-corrected chi connectivity index (χ2v) is 3.79. The van der Waals surface area contributed by atoms with Gasteiger partial charge in [0.1, 0.15) is 0 Å². The first kappa shape index (κ1) is 13.4. The van der Waals surface area contributed by atoms with Crippen molar-refractivity contribution < 1.29 is 14.8 Å². The van der Waals surface area contributed by atoms with Crippen molar-refractivity contribution in [1.82, 2.24) is 5.32 Å². The molecule has 0 saturated carbocycles. The number of nitrogens with zero attached hydrogens (tertiary/aromatic N) is 1. The summed E-state index contributed by atoms with van der Waals surface area (Å²) in [5.74, 6) is -0.918. The van der Waals surface area contributed by atoms with Crippen molar-refractivity contribution in [2.75, 3.05) is 6.54 Å². The summed E-state index contributed by atoms with van der Waals surface area (Å²) in [4.78, 5) is 20.5. The molecular formula is C10H11ClN2O4. The van der Waals surface area contributed by atoms with Crippen molar-refractivity contribution in [3.63, 3.8) is 0 Å². The zero-order valence-electron chi connectivity index (χ0n) is 8.85. The summed E-state index contributed by atoms with van der Waals surface area (Å²) in [5, 5.41) is 22.4. The number of carboxylic acid groups (broad SMARTS) is 1. The highest BCUT2D eigenvalue weighted by atomic mass is 35.5. The minimum absolute atomic E-state index is 0.0303. The minimum Gasteiger partial charge on any atom is -0.481 e. The number of aliphatic carboxylic acids is 1. The fourth-order valence-corrected chi connectivity index (χ4v) is 1.49. The molecule has 0 aliphatic rings. The fraction of sp³-hybridized carbons (Fsp3) is 0.300. The molecule has 0 radical (unpaired) electrons. The van der Waals surface area contributed by atoms with E-state index in [0.29, 0.717) is 10.6 Å². The Balaban J connectivity index is 2.65. The van der Waals surface area contributed by atoms with Gasteiger partial charge in [-0.1, -0.05) is 11.6 Å². The van der Waals surface area contributed by atoms with Gasteiger partial charge in [0.15, 0.2) is 0 Å². The van der Waals surface area contributed by atoms with E-state index in [-0.39, 0.29) is 25.2 Å². The van der Waals surface area contributed by atoms with Gasteiger partial charge in [-0.15, -0.1) is 0 Å². The third-order valence-corrected chi connectivity index (χ3v) is 2.30. The number of hydrogen-bond acceptors (Lipinski definition) is 4. The van der Waals surface area contributed by atoms with Gasteiger partial charge in [-0.25, -0.2) is 0 Å². The number of hydrogen-bond donors (Lipinski definition) is 2. The lowest BCUT2D eigenvalue weighted by Gasteiger charge is -2.04. The van der Waals surface area contributed by atoms with Gasteiger partial charge in [0.2, 0.25) is 0 Å². The predicted molar refractivity (Wildman–Crippen MR) is 62.1 cm³/mol. The standard InChI is InChI=1S/C10H11ClN2O4/c11-8-1-2-9(13(16)17)7(5-8)6-12-4-3-10(14)15/h1-2,5,12H,3-4,6H2,(H,14,15). The summed E-state index contributed by atoms with van der Waals surface area (Å²) >= 11 is 5.74. The van der Waals surface area contributed by atoms with Gasteiger partial charge in [0, 0.05) is 29.7 Å². The van der Waals surface area contributed by atoms with Crippen LogP contribution in [0.5, 0.6) is 0 Å². The van der Waals surface area contributed by atoms with E-state index in [0.717, 1.165) is 0 Å². The van der Waals surface area contributed by atoms with Crippen molar-refractivity contribution in [1.29, 1.82) is 0 Å². The number of benzene rings is 1. The normalized spacial score (nSPS) is 10.2. The highest BCUT2D eigenvalue weighted by Gasteiger charge is 2.13. The minimum atomic E-state index is -0.918. The zero-order valence-corrected chi connectivity index (χ0v) is 9.61. The average molecular weight is 259 g/mol. The van der Waals surface area contributed by atoms with E-state index in [1.54, 1.807) is 0 Å². The number of nitrogens with one attached hydrogen (secondary N) is 1. The maximum Gasteiger partial charge on any atom is 0.304 e. The third kappa shape index (κ3) is 4.38. The van der Waals surface area contributed by atoms with Crippen LogP contribution in [0.3, 0.4) is 0 Å². The van der Waals surface area contributed by atoms with Crippen LogP contribution in [0.4, 0.5) is 5.69 Å². The molecule has 0 atom stereocenters. The van der Waals surface area contributed by atoms with Gasteiger partial charge >= 0.3 is 5.97 Å². The largest absolute Gasteiger partial charge is 0.481 e. The highest BCUT2D eigenvalue weighted by Crippen LogP contribution is 2.22. The first-order valence-corrected chi connectivity index (χ1v) is 5.24. The molecule has 0 aliphatic carbocycles. The van der Waals surface area contributed by atoms with E-state index in [2.05, 4.69) is 5.32 Å². The van der Waals surface area contributed by atoms with Crippen molar-refractivity contribution >= 4 is 23.3 Å². The van der Waals surface area contributed by atoms with E-state index in [9.17, 15) is 14.9 Å². The Bertz CT molecular complexity index is 436. The maximum absolute atomic E-state index is 10.7. The quantitative estimate of drug-likeness (QED) is 0.461. The molecule has 0 heterocycles. The average Bonchev–Trinajstić information content (AvgIpc) is 2.23. The monoisotopic (exact) mass is 258 g/mol. The van der Waals surface area contributed by atoms with Crippen LogP contribution in [0.1, 0.15) is 12.0 Å². The molecule has 92 valence electrons. The first-order valence-electron chi connectivity index (χ1n) is 4.86. The topological polar surface area (TPSA) is 92.5 Å². The summed E-state index contributed by atoms with van der Waals surface area (Å²) in [6, 6.07) is 4.27. The molecular weight excluding hydrogens is 248 g/mol. The molecule has 0 spiro atoms. The van der Waals surface area contributed by atoms with Gasteiger partial charge in [-0.3, -0.25) is 14.9 Å². The Morgan fingerprint density at radius 3 is 2.82 bits per heavy atom. The second-order valence-electron chi connectivity index (χ2n) is 3.35. The van der Waals surface area contributed by atoms with Crippen LogP contribution in [0.2, 0.25) is 5.02 Å². The lowest BCUT2D eigenvalue weighted by Crippen LogP contribution is -2.18. The van der Waals surface area contributed by atoms with Crippen molar-refractivity contribution in [3.8, 4) is 0 Å². The molecule has 0 saturated heterocycles. The second kappa shape index (κ2) is 6.17. The smallest absolute Gasteiger partial charge is 0.304 e. The molecule has 1 aromatic carbocycles. The Morgan fingerprint density at radius 2 is 2.24 bits per heavy atom. The highest BCUT2D eigenvalue weighted by molar-refractivity contribution is 6.30. The Kier molecular flexibility index (Phi) is 4.86. The van der Waals surface area contributed by atoms with E-state index >= 15 is 0 Å². The summed E-state index contributed by atoms with van der Waals surface area (Å²) in [6.07, 6.45) is -0.0334. The zero-order chi connectivity index (χ0) is 12.8. The van der Waals surface area contributed by atoms with Crippen LogP contribution in [-0.4, -0.2) is 22.5 Å². The Morgan fingerprint density at radius 1 is 1.53 bits per heavy atom. The molecule has 7 heteroatoms. The number of carboxylic acids is 1. The lowest BCUT2D eigenvalue weighted by molar-refractivity contribution is -0.385. The number of carbonyl (C=O) groups is 1. The van der Waals surface area contributed by atoms with E-state index in [4.69, 9.17) is 16.7 Å². The van der Waals surface area contributed by atoms with Crippen LogP contribution in [0.25, 0.3) is 0 Å². The first-order chi connectivity index (χ1) is 8.00. The van der Waals surface area contributed by atoms with E-state index < -0.39 is 10.9 Å². The van der Waals surface area contributed by atoms with Gasteiger partial charge in [0.25, 0.3) is 5.69 Å². The van der Waals surface area contributed by atoms with Crippen LogP contribution < -0.4 is 5.32 Å². The summed E-state index contributed by atoms with van der Waals surface area (Å²) in [6.45, 7) is 0.461. The van der Waals surface area contributed by atoms with E-state index in [1.165, 1.54) is 18.2 Å².